The number of carbonyl (C=O) groups is 1. The molecule has 0 N–H and O–H groups in total. The molecule has 0 spiro atoms. The molecule has 0 radical (unpaired) electrons. The molecule has 1 saturated carbocycles. The van der Waals surface area contributed by atoms with Gasteiger partial charge < -0.3 is 0 Å². The molecule has 1 atom stereocenters. The molecular weight excluding hydrogens is 272 g/mol. The summed E-state index contributed by atoms with van der Waals surface area (Å²) in [5.74, 6) is 0.319. The van der Waals surface area contributed by atoms with Crippen molar-refractivity contribution < 1.29 is 4.79 Å². The second-order valence-electron chi connectivity index (χ2n) is 5.03. The third kappa shape index (κ3) is 2.75. The quantitative estimate of drug-likeness (QED) is 0.868. The van der Waals surface area contributed by atoms with E-state index in [1.165, 1.54) is 11.8 Å². The van der Waals surface area contributed by atoms with Gasteiger partial charge in [0.05, 0.1) is 10.9 Å². The predicted octanol–water partition coefficient (Wildman–Crippen LogP) is 2.57. The number of carbonyl (C=O) groups excluding carboxylic acids is 1. The first-order valence-corrected chi connectivity index (χ1v) is 7.67. The van der Waals surface area contributed by atoms with Gasteiger partial charge in [0.25, 0.3) is 0 Å². The molecule has 2 aromatic rings. The first-order valence-electron chi connectivity index (χ1n) is 6.79. The van der Waals surface area contributed by atoms with Gasteiger partial charge in [-0.15, -0.1) is 5.10 Å². The number of Topliss-reactive ketones (excluding diaryl/α,β-unsaturated/α-hetero) is 1. The first kappa shape index (κ1) is 13.3. The van der Waals surface area contributed by atoms with Crippen molar-refractivity contribution in [3.63, 3.8) is 0 Å². The molecule has 0 unspecified atom stereocenters. The summed E-state index contributed by atoms with van der Waals surface area (Å²) in [6.07, 6.45) is 3.72. The van der Waals surface area contributed by atoms with E-state index in [0.29, 0.717) is 17.4 Å². The molecule has 0 aliphatic heterocycles. The molecule has 0 amide bonds. The van der Waals surface area contributed by atoms with E-state index < -0.39 is 0 Å². The third-order valence-corrected chi connectivity index (χ3v) is 4.68. The predicted molar refractivity (Wildman–Crippen MR) is 77.0 cm³/mol. The number of hydrogen-bond donors (Lipinski definition) is 0. The van der Waals surface area contributed by atoms with Crippen LogP contribution in [0.4, 0.5) is 0 Å². The lowest BCUT2D eigenvalue weighted by Gasteiger charge is -2.18. The summed E-state index contributed by atoms with van der Waals surface area (Å²) in [5.41, 5.74) is 2.09. The van der Waals surface area contributed by atoms with Crippen LogP contribution in [0.3, 0.4) is 0 Å². The van der Waals surface area contributed by atoms with E-state index in [4.69, 9.17) is 0 Å². The van der Waals surface area contributed by atoms with E-state index in [-0.39, 0.29) is 5.25 Å². The van der Waals surface area contributed by atoms with Gasteiger partial charge in [-0.3, -0.25) is 4.79 Å². The summed E-state index contributed by atoms with van der Waals surface area (Å²) in [6.45, 7) is 2.03. The van der Waals surface area contributed by atoms with E-state index >= 15 is 0 Å². The molecule has 0 bridgehead atoms. The summed E-state index contributed by atoms with van der Waals surface area (Å²) in [6, 6.07) is 8.01. The molecule has 0 saturated heterocycles. The monoisotopic (exact) mass is 288 g/mol. The fraction of sp³-hybridized carbons (Fsp3) is 0.429. The van der Waals surface area contributed by atoms with E-state index in [1.807, 2.05) is 31.2 Å². The van der Waals surface area contributed by atoms with Gasteiger partial charge >= 0.3 is 0 Å². The van der Waals surface area contributed by atoms with Crippen LogP contribution in [0.25, 0.3) is 5.69 Å². The average molecular weight is 288 g/mol. The lowest BCUT2D eigenvalue weighted by molar-refractivity contribution is -0.119. The van der Waals surface area contributed by atoms with E-state index in [0.717, 1.165) is 30.5 Å². The standard InChI is InChI=1S/C14H16N4OS/c1-10-5-4-6-11(9-10)18-14(15-16-17-18)20-13-8-3-2-7-12(13)19/h4-6,9,13H,2-3,7-8H2,1H3/t13-/m1/s1. The summed E-state index contributed by atoms with van der Waals surface area (Å²) < 4.78 is 1.71. The zero-order valence-electron chi connectivity index (χ0n) is 11.3. The summed E-state index contributed by atoms with van der Waals surface area (Å²) in [7, 11) is 0. The van der Waals surface area contributed by atoms with E-state index in [1.54, 1.807) is 4.68 Å². The number of thioether (sulfide) groups is 1. The molecular formula is C14H16N4OS. The van der Waals surface area contributed by atoms with Crippen LogP contribution < -0.4 is 0 Å². The Balaban J connectivity index is 1.85. The van der Waals surface area contributed by atoms with Gasteiger partial charge in [0, 0.05) is 6.42 Å². The SMILES string of the molecule is Cc1cccc(-n2nnnc2S[C@@H]2CCCCC2=O)c1. The van der Waals surface area contributed by atoms with Crippen molar-refractivity contribution in [2.75, 3.05) is 0 Å². The molecule has 1 aliphatic rings. The van der Waals surface area contributed by atoms with Crippen molar-refractivity contribution >= 4 is 17.5 Å². The molecule has 6 heteroatoms. The van der Waals surface area contributed by atoms with Crippen LogP contribution in [0.1, 0.15) is 31.2 Å². The smallest absolute Gasteiger partial charge is 0.214 e. The number of rotatable bonds is 3. The van der Waals surface area contributed by atoms with E-state index in [9.17, 15) is 4.79 Å². The molecule has 5 nitrogen and oxygen atoms in total. The lowest BCUT2D eigenvalue weighted by Crippen LogP contribution is -2.21. The van der Waals surface area contributed by atoms with Gasteiger partial charge in [0.2, 0.25) is 5.16 Å². The van der Waals surface area contributed by atoms with Crippen molar-refractivity contribution in [1.29, 1.82) is 0 Å². The van der Waals surface area contributed by atoms with Crippen LogP contribution in [0, 0.1) is 6.92 Å². The van der Waals surface area contributed by atoms with Gasteiger partial charge in [-0.25, -0.2) is 0 Å². The number of aromatic nitrogens is 4. The van der Waals surface area contributed by atoms with Crippen molar-refractivity contribution in [2.24, 2.45) is 0 Å². The fourth-order valence-corrected chi connectivity index (χ4v) is 3.49. The average Bonchev–Trinajstić information content (AvgIpc) is 2.90. The van der Waals surface area contributed by atoms with Crippen LogP contribution in [0.15, 0.2) is 29.4 Å². The minimum atomic E-state index is -0.00157. The van der Waals surface area contributed by atoms with Crippen molar-refractivity contribution in [3.05, 3.63) is 29.8 Å². The highest BCUT2D eigenvalue weighted by Crippen LogP contribution is 2.31. The Morgan fingerprint density at radius 3 is 3.05 bits per heavy atom. The zero-order chi connectivity index (χ0) is 13.9. The summed E-state index contributed by atoms with van der Waals surface area (Å²) in [4.78, 5) is 11.9. The normalized spacial score (nSPS) is 19.2. The number of benzene rings is 1. The minimum absolute atomic E-state index is 0.00157. The van der Waals surface area contributed by atoms with Gasteiger partial charge in [-0.1, -0.05) is 30.3 Å². The van der Waals surface area contributed by atoms with Gasteiger partial charge in [0.1, 0.15) is 5.78 Å². The van der Waals surface area contributed by atoms with Crippen molar-refractivity contribution in [2.45, 2.75) is 43.0 Å². The van der Waals surface area contributed by atoms with Crippen LogP contribution in [0.2, 0.25) is 0 Å². The minimum Gasteiger partial charge on any atom is -0.298 e. The van der Waals surface area contributed by atoms with Crippen LogP contribution >= 0.6 is 11.8 Å². The van der Waals surface area contributed by atoms with Crippen LogP contribution in [-0.4, -0.2) is 31.2 Å². The third-order valence-electron chi connectivity index (χ3n) is 3.43. The lowest BCUT2D eigenvalue weighted by atomic mass is 9.99. The Kier molecular flexibility index (Phi) is 3.82. The summed E-state index contributed by atoms with van der Waals surface area (Å²) >= 11 is 1.48. The Morgan fingerprint density at radius 1 is 1.35 bits per heavy atom. The van der Waals surface area contributed by atoms with Crippen molar-refractivity contribution in [3.8, 4) is 5.69 Å². The molecule has 1 fully saturated rings. The number of tetrazole rings is 1. The molecule has 3 rings (SSSR count). The number of nitrogens with zero attached hydrogens (tertiary/aromatic N) is 4. The molecule has 104 valence electrons. The van der Waals surface area contributed by atoms with Gasteiger partial charge in [0.15, 0.2) is 0 Å². The largest absolute Gasteiger partial charge is 0.298 e. The first-order chi connectivity index (χ1) is 9.74. The van der Waals surface area contributed by atoms with Gasteiger partial charge in [-0.2, -0.15) is 4.68 Å². The molecule has 1 aromatic heterocycles. The molecule has 1 aliphatic carbocycles. The van der Waals surface area contributed by atoms with Gasteiger partial charge in [-0.05, 0) is 47.9 Å². The second kappa shape index (κ2) is 5.75. The highest BCUT2D eigenvalue weighted by atomic mass is 32.2. The Labute approximate surface area is 121 Å². The van der Waals surface area contributed by atoms with Crippen molar-refractivity contribution in [1.82, 2.24) is 20.2 Å². The number of ketones is 1. The number of hydrogen-bond acceptors (Lipinski definition) is 5. The maximum atomic E-state index is 11.9. The Bertz CT molecular complexity index is 625. The fourth-order valence-electron chi connectivity index (χ4n) is 2.38. The molecule has 1 heterocycles. The Morgan fingerprint density at radius 2 is 2.25 bits per heavy atom. The zero-order valence-corrected chi connectivity index (χ0v) is 12.1. The summed E-state index contributed by atoms with van der Waals surface area (Å²) in [5, 5.41) is 12.5. The topological polar surface area (TPSA) is 60.7 Å². The maximum Gasteiger partial charge on any atom is 0.214 e. The molecule has 20 heavy (non-hydrogen) atoms. The van der Waals surface area contributed by atoms with Crippen LogP contribution in [-0.2, 0) is 4.79 Å². The van der Waals surface area contributed by atoms with E-state index in [2.05, 4.69) is 15.5 Å². The Hall–Kier alpha value is -1.69. The number of aryl methyl sites for hydroxylation is 1. The highest BCUT2D eigenvalue weighted by Gasteiger charge is 2.25. The van der Waals surface area contributed by atoms with Crippen LogP contribution in [0.5, 0.6) is 0 Å². The maximum absolute atomic E-state index is 11.9. The highest BCUT2D eigenvalue weighted by molar-refractivity contribution is 8.00. The molecule has 1 aromatic carbocycles. The second-order valence-corrected chi connectivity index (χ2v) is 6.20.